The van der Waals surface area contributed by atoms with Crippen molar-refractivity contribution in [3.8, 4) is 0 Å². The summed E-state index contributed by atoms with van der Waals surface area (Å²) in [6, 6.07) is 10.3. The summed E-state index contributed by atoms with van der Waals surface area (Å²) in [5.74, 6) is -0.152. The Bertz CT molecular complexity index is 390. The van der Waals surface area contributed by atoms with Crippen molar-refractivity contribution in [3.63, 3.8) is 0 Å². The van der Waals surface area contributed by atoms with E-state index >= 15 is 0 Å². The van der Waals surface area contributed by atoms with E-state index in [-0.39, 0.29) is 17.3 Å². The second-order valence-electron chi connectivity index (χ2n) is 5.02. The Labute approximate surface area is 102 Å². The fourth-order valence-corrected chi connectivity index (χ4v) is 2.63. The molecule has 2 rings (SSSR count). The minimum absolute atomic E-state index is 0.0472. The fraction of sp³-hybridized carbons (Fsp3) is 0.500. The van der Waals surface area contributed by atoms with Crippen molar-refractivity contribution in [2.24, 2.45) is 11.3 Å². The van der Waals surface area contributed by atoms with Gasteiger partial charge in [-0.25, -0.2) is 0 Å². The van der Waals surface area contributed by atoms with Gasteiger partial charge >= 0.3 is 5.97 Å². The molecule has 1 N–H and O–H groups in total. The van der Waals surface area contributed by atoms with Crippen LogP contribution in [0.2, 0.25) is 0 Å². The zero-order valence-electron chi connectivity index (χ0n) is 10.4. The quantitative estimate of drug-likeness (QED) is 0.806. The summed E-state index contributed by atoms with van der Waals surface area (Å²) >= 11 is 0. The maximum atomic E-state index is 11.8. The summed E-state index contributed by atoms with van der Waals surface area (Å²) in [5, 5.41) is 3.30. The van der Waals surface area contributed by atoms with Crippen molar-refractivity contribution < 1.29 is 9.53 Å². The van der Waals surface area contributed by atoms with Crippen LogP contribution in [0.5, 0.6) is 0 Å². The van der Waals surface area contributed by atoms with Crippen LogP contribution in [0, 0.1) is 11.3 Å². The second kappa shape index (κ2) is 4.88. The largest absolute Gasteiger partial charge is 0.469 e. The molecule has 3 heteroatoms. The molecule has 0 bridgehead atoms. The van der Waals surface area contributed by atoms with Gasteiger partial charge in [0, 0.05) is 13.1 Å². The maximum absolute atomic E-state index is 11.8. The summed E-state index contributed by atoms with van der Waals surface area (Å²) in [6.07, 6.45) is 0.903. The number of rotatable bonds is 3. The van der Waals surface area contributed by atoms with Crippen LogP contribution in [0.4, 0.5) is 0 Å². The number of carbonyl (C=O) groups excluding carboxylic acids is 1. The van der Waals surface area contributed by atoms with Crippen molar-refractivity contribution in [1.29, 1.82) is 0 Å². The molecule has 0 radical (unpaired) electrons. The van der Waals surface area contributed by atoms with Crippen molar-refractivity contribution in [2.75, 3.05) is 20.2 Å². The van der Waals surface area contributed by atoms with Crippen molar-refractivity contribution >= 4 is 5.97 Å². The van der Waals surface area contributed by atoms with Crippen LogP contribution >= 0.6 is 0 Å². The van der Waals surface area contributed by atoms with Crippen LogP contribution in [0.3, 0.4) is 0 Å². The smallest absolute Gasteiger partial charge is 0.310 e. The number of hydrogen-bond acceptors (Lipinski definition) is 3. The van der Waals surface area contributed by atoms with Crippen LogP contribution in [-0.4, -0.2) is 26.2 Å². The average molecular weight is 233 g/mol. The van der Waals surface area contributed by atoms with Gasteiger partial charge in [-0.2, -0.15) is 0 Å². The molecule has 1 aliphatic heterocycles. The standard InChI is InChI=1S/C14H19NO2/c1-14(8-11-6-4-3-5-7-11)10-15-9-12(14)13(16)17-2/h3-7,12,15H,8-10H2,1-2H3. The van der Waals surface area contributed by atoms with E-state index in [9.17, 15) is 4.79 Å². The van der Waals surface area contributed by atoms with Gasteiger partial charge < -0.3 is 10.1 Å². The first kappa shape index (κ1) is 12.1. The molecule has 1 aromatic rings. The SMILES string of the molecule is COC(=O)C1CNCC1(C)Cc1ccccc1. The van der Waals surface area contributed by atoms with Crippen molar-refractivity contribution in [1.82, 2.24) is 5.32 Å². The number of nitrogens with one attached hydrogen (secondary N) is 1. The van der Waals surface area contributed by atoms with Gasteiger partial charge in [0.15, 0.2) is 0 Å². The van der Waals surface area contributed by atoms with E-state index in [4.69, 9.17) is 4.74 Å². The minimum Gasteiger partial charge on any atom is -0.469 e. The normalized spacial score (nSPS) is 28.0. The molecule has 1 fully saturated rings. The zero-order chi connectivity index (χ0) is 12.3. The molecule has 2 unspecified atom stereocenters. The summed E-state index contributed by atoms with van der Waals surface area (Å²) in [4.78, 5) is 11.8. The molecule has 1 aromatic carbocycles. The van der Waals surface area contributed by atoms with Gasteiger partial charge in [-0.1, -0.05) is 37.3 Å². The minimum atomic E-state index is -0.103. The van der Waals surface area contributed by atoms with Crippen LogP contribution in [0.15, 0.2) is 30.3 Å². The monoisotopic (exact) mass is 233 g/mol. The Morgan fingerprint density at radius 3 is 2.82 bits per heavy atom. The molecular weight excluding hydrogens is 214 g/mol. The molecule has 3 nitrogen and oxygen atoms in total. The number of hydrogen-bond donors (Lipinski definition) is 1. The van der Waals surface area contributed by atoms with Crippen LogP contribution in [0.1, 0.15) is 12.5 Å². The van der Waals surface area contributed by atoms with E-state index in [0.717, 1.165) is 19.5 Å². The molecule has 92 valence electrons. The number of esters is 1. The number of methoxy groups -OCH3 is 1. The molecule has 2 atom stereocenters. The highest BCUT2D eigenvalue weighted by atomic mass is 16.5. The molecule has 1 aliphatic rings. The van der Waals surface area contributed by atoms with Gasteiger partial charge in [-0.3, -0.25) is 4.79 Å². The van der Waals surface area contributed by atoms with Crippen molar-refractivity contribution in [2.45, 2.75) is 13.3 Å². The highest BCUT2D eigenvalue weighted by molar-refractivity contribution is 5.74. The Kier molecular flexibility index (Phi) is 3.48. The lowest BCUT2D eigenvalue weighted by molar-refractivity contribution is -0.148. The third-order valence-electron chi connectivity index (χ3n) is 3.66. The zero-order valence-corrected chi connectivity index (χ0v) is 10.4. The predicted molar refractivity (Wildman–Crippen MR) is 66.6 cm³/mol. The Morgan fingerprint density at radius 2 is 2.18 bits per heavy atom. The molecule has 0 amide bonds. The Morgan fingerprint density at radius 1 is 1.47 bits per heavy atom. The van der Waals surface area contributed by atoms with E-state index in [1.54, 1.807) is 0 Å². The Balaban J connectivity index is 2.15. The number of benzene rings is 1. The van der Waals surface area contributed by atoms with Crippen LogP contribution in [0.25, 0.3) is 0 Å². The first-order valence-corrected chi connectivity index (χ1v) is 5.98. The third-order valence-corrected chi connectivity index (χ3v) is 3.66. The van der Waals surface area contributed by atoms with E-state index in [2.05, 4.69) is 24.4 Å². The highest BCUT2D eigenvalue weighted by Crippen LogP contribution is 2.35. The first-order chi connectivity index (χ1) is 8.15. The van der Waals surface area contributed by atoms with Gasteiger partial charge in [0.05, 0.1) is 13.0 Å². The molecule has 1 heterocycles. The molecular formula is C14H19NO2. The summed E-state index contributed by atoms with van der Waals surface area (Å²) in [6.45, 7) is 3.74. The van der Waals surface area contributed by atoms with Crippen LogP contribution < -0.4 is 5.32 Å². The maximum Gasteiger partial charge on any atom is 0.310 e. The molecule has 17 heavy (non-hydrogen) atoms. The fourth-order valence-electron chi connectivity index (χ4n) is 2.63. The Hall–Kier alpha value is -1.35. The van der Waals surface area contributed by atoms with Crippen LogP contribution in [-0.2, 0) is 16.0 Å². The topological polar surface area (TPSA) is 38.3 Å². The summed E-state index contributed by atoms with van der Waals surface area (Å²) in [5.41, 5.74) is 1.22. The van der Waals surface area contributed by atoms with Crippen molar-refractivity contribution in [3.05, 3.63) is 35.9 Å². The van der Waals surface area contributed by atoms with E-state index in [1.165, 1.54) is 12.7 Å². The summed E-state index contributed by atoms with van der Waals surface area (Å²) < 4.78 is 4.89. The van der Waals surface area contributed by atoms with Gasteiger partial charge in [0.1, 0.15) is 0 Å². The molecule has 0 saturated carbocycles. The predicted octanol–water partition coefficient (Wildman–Crippen LogP) is 1.63. The summed E-state index contributed by atoms with van der Waals surface area (Å²) in [7, 11) is 1.46. The second-order valence-corrected chi connectivity index (χ2v) is 5.02. The lowest BCUT2D eigenvalue weighted by Crippen LogP contribution is -2.35. The number of ether oxygens (including phenoxy) is 1. The lowest BCUT2D eigenvalue weighted by atomic mass is 9.75. The molecule has 0 spiro atoms. The number of carbonyl (C=O) groups is 1. The third kappa shape index (κ3) is 2.50. The lowest BCUT2D eigenvalue weighted by Gasteiger charge is -2.28. The van der Waals surface area contributed by atoms with Gasteiger partial charge in [-0.05, 0) is 17.4 Å². The van der Waals surface area contributed by atoms with Gasteiger partial charge in [0.25, 0.3) is 0 Å². The molecule has 0 aromatic heterocycles. The van der Waals surface area contributed by atoms with Gasteiger partial charge in [0.2, 0.25) is 0 Å². The van der Waals surface area contributed by atoms with E-state index in [0.29, 0.717) is 0 Å². The first-order valence-electron chi connectivity index (χ1n) is 5.98. The van der Waals surface area contributed by atoms with E-state index in [1.807, 2.05) is 18.2 Å². The molecule has 0 aliphatic carbocycles. The average Bonchev–Trinajstić information content (AvgIpc) is 2.71. The van der Waals surface area contributed by atoms with Gasteiger partial charge in [-0.15, -0.1) is 0 Å². The van der Waals surface area contributed by atoms with E-state index < -0.39 is 0 Å². The highest BCUT2D eigenvalue weighted by Gasteiger charge is 2.43. The molecule has 1 saturated heterocycles.